The third-order valence-electron chi connectivity index (χ3n) is 1.76. The van der Waals surface area contributed by atoms with Gasteiger partial charge in [-0.05, 0) is 11.9 Å². The van der Waals surface area contributed by atoms with Crippen molar-refractivity contribution in [2.45, 2.75) is 0 Å². The van der Waals surface area contributed by atoms with Gasteiger partial charge in [-0.2, -0.15) is 0 Å². The first-order valence-electron chi connectivity index (χ1n) is 3.80. The molecule has 0 aliphatic carbocycles. The molecule has 5 heteroatoms. The van der Waals surface area contributed by atoms with Crippen molar-refractivity contribution in [2.24, 2.45) is 0 Å². The average molecular weight is 172 g/mol. The van der Waals surface area contributed by atoms with Crippen molar-refractivity contribution in [1.82, 2.24) is 20.3 Å². The molecule has 0 radical (unpaired) electrons. The molecule has 0 amide bonds. The lowest BCUT2D eigenvalue weighted by Crippen LogP contribution is -2.52. The lowest BCUT2D eigenvalue weighted by molar-refractivity contribution is 0.0333. The van der Waals surface area contributed by atoms with Gasteiger partial charge < -0.3 is 10.7 Å². The van der Waals surface area contributed by atoms with Crippen LogP contribution in [0.1, 0.15) is 0 Å². The molecule has 2 rings (SSSR count). The van der Waals surface area contributed by atoms with Gasteiger partial charge in [0.15, 0.2) is 0 Å². The number of rotatable bonds is 1. The zero-order valence-corrected chi connectivity index (χ0v) is 7.10. The normalized spacial score (nSPS) is 27.3. The highest BCUT2D eigenvalue weighted by atomic mass is 32.2. The number of hydrogen-bond donors (Lipinski definition) is 2. The van der Waals surface area contributed by atoms with E-state index in [0.29, 0.717) is 0 Å². The largest absolute Gasteiger partial charge is 0.314 e. The molecule has 1 saturated heterocycles. The number of nitrogens with one attached hydrogen (secondary N) is 2. The van der Waals surface area contributed by atoms with Crippen molar-refractivity contribution in [3.63, 3.8) is 0 Å². The molecule has 1 fully saturated rings. The summed E-state index contributed by atoms with van der Waals surface area (Å²) in [5.41, 5.74) is 3.14. The fraction of sp³-hybridized carbons (Fsp3) is 0.667. The molecular formula is C6H12N4S. The van der Waals surface area contributed by atoms with Crippen molar-refractivity contribution in [2.75, 3.05) is 26.2 Å². The van der Waals surface area contributed by atoms with Crippen molar-refractivity contribution in [1.29, 1.82) is 0 Å². The van der Waals surface area contributed by atoms with Gasteiger partial charge in [-0.3, -0.25) is 0 Å². The van der Waals surface area contributed by atoms with E-state index < -0.39 is 0 Å². The molecule has 62 valence electrons. The van der Waals surface area contributed by atoms with Crippen LogP contribution in [0.25, 0.3) is 0 Å². The second kappa shape index (κ2) is 3.44. The lowest BCUT2D eigenvalue weighted by Gasteiger charge is -2.33. The first-order chi connectivity index (χ1) is 5.47. The molecule has 4 nitrogen and oxygen atoms in total. The van der Waals surface area contributed by atoms with Crippen LogP contribution in [-0.2, 0) is 0 Å². The maximum atomic E-state index is 3.31. The van der Waals surface area contributed by atoms with E-state index in [-0.39, 0.29) is 0 Å². The van der Waals surface area contributed by atoms with E-state index in [9.17, 15) is 0 Å². The molecule has 11 heavy (non-hydrogen) atoms. The molecule has 0 aromatic rings. The molecular weight excluding hydrogens is 160 g/mol. The Hall–Kier alpha value is -0.230. The van der Waals surface area contributed by atoms with Crippen LogP contribution in [0.2, 0.25) is 0 Å². The quantitative estimate of drug-likeness (QED) is 0.532. The Balaban J connectivity index is 1.83. The monoisotopic (exact) mass is 172 g/mol. The van der Waals surface area contributed by atoms with Gasteiger partial charge in [0.1, 0.15) is 0 Å². The van der Waals surface area contributed by atoms with Gasteiger partial charge in [-0.25, -0.2) is 5.01 Å². The minimum absolute atomic E-state index is 1.08. The average Bonchev–Trinajstić information content (AvgIpc) is 2.58. The predicted molar refractivity (Wildman–Crippen MR) is 46.1 cm³/mol. The summed E-state index contributed by atoms with van der Waals surface area (Å²) in [5.74, 6) is 0. The topological polar surface area (TPSA) is 30.5 Å². The molecule has 0 aromatic heterocycles. The van der Waals surface area contributed by atoms with Crippen LogP contribution >= 0.6 is 11.9 Å². The molecule has 2 aliphatic heterocycles. The highest BCUT2D eigenvalue weighted by Crippen LogP contribution is 2.16. The molecule has 0 unspecified atom stereocenters. The first-order valence-corrected chi connectivity index (χ1v) is 4.64. The van der Waals surface area contributed by atoms with E-state index in [1.54, 1.807) is 11.9 Å². The Labute approximate surface area is 70.7 Å². The Morgan fingerprint density at radius 2 is 2.09 bits per heavy atom. The van der Waals surface area contributed by atoms with Gasteiger partial charge in [0, 0.05) is 37.8 Å². The summed E-state index contributed by atoms with van der Waals surface area (Å²) in [6.45, 7) is 4.33. The summed E-state index contributed by atoms with van der Waals surface area (Å²) in [4.78, 5) is 0. The Kier molecular flexibility index (Phi) is 2.32. The molecule has 0 aromatic carbocycles. The maximum Gasteiger partial charge on any atom is 0.0286 e. The fourth-order valence-corrected chi connectivity index (χ4v) is 1.85. The Morgan fingerprint density at radius 3 is 2.73 bits per heavy atom. The van der Waals surface area contributed by atoms with Crippen LogP contribution < -0.4 is 10.7 Å². The molecule has 0 bridgehead atoms. The zero-order chi connectivity index (χ0) is 7.52. The SMILES string of the molecule is C1=CSN(N2CCNCC2)N1. The smallest absolute Gasteiger partial charge is 0.0286 e. The summed E-state index contributed by atoms with van der Waals surface area (Å²) in [6.07, 6.45) is 1.95. The Morgan fingerprint density at radius 1 is 1.27 bits per heavy atom. The number of nitrogens with zero attached hydrogens (tertiary/aromatic N) is 2. The van der Waals surface area contributed by atoms with Gasteiger partial charge in [0.05, 0.1) is 0 Å². The molecule has 2 N–H and O–H groups in total. The summed E-state index contributed by atoms with van der Waals surface area (Å²) >= 11 is 1.69. The van der Waals surface area contributed by atoms with E-state index in [4.69, 9.17) is 0 Å². The van der Waals surface area contributed by atoms with Crippen LogP contribution in [0.4, 0.5) is 0 Å². The summed E-state index contributed by atoms with van der Waals surface area (Å²) in [6, 6.07) is 0. The highest BCUT2D eigenvalue weighted by Gasteiger charge is 2.18. The first kappa shape index (κ1) is 7.42. The van der Waals surface area contributed by atoms with Crippen molar-refractivity contribution >= 4 is 11.9 Å². The van der Waals surface area contributed by atoms with Gasteiger partial charge in [0.2, 0.25) is 0 Å². The van der Waals surface area contributed by atoms with Crippen molar-refractivity contribution in [3.8, 4) is 0 Å². The molecule has 0 atom stereocenters. The second-order valence-electron chi connectivity index (χ2n) is 2.51. The van der Waals surface area contributed by atoms with E-state index >= 15 is 0 Å². The van der Waals surface area contributed by atoms with Gasteiger partial charge in [-0.1, -0.05) is 4.52 Å². The van der Waals surface area contributed by atoms with E-state index in [1.807, 2.05) is 11.6 Å². The minimum Gasteiger partial charge on any atom is -0.314 e. The summed E-state index contributed by atoms with van der Waals surface area (Å²) < 4.78 is 2.07. The number of hydrazine groups is 2. The zero-order valence-electron chi connectivity index (χ0n) is 6.29. The van der Waals surface area contributed by atoms with E-state index in [1.165, 1.54) is 0 Å². The van der Waals surface area contributed by atoms with Crippen LogP contribution in [0.15, 0.2) is 11.6 Å². The van der Waals surface area contributed by atoms with Crippen molar-refractivity contribution in [3.05, 3.63) is 11.6 Å². The maximum absolute atomic E-state index is 3.31. The number of piperazine rings is 1. The van der Waals surface area contributed by atoms with E-state index in [2.05, 4.69) is 20.3 Å². The van der Waals surface area contributed by atoms with Crippen LogP contribution in [0.5, 0.6) is 0 Å². The van der Waals surface area contributed by atoms with Gasteiger partial charge in [-0.15, -0.1) is 0 Å². The third kappa shape index (κ3) is 1.67. The molecule has 0 saturated carbocycles. The summed E-state index contributed by atoms with van der Waals surface area (Å²) in [7, 11) is 0. The standard InChI is InChI=1S/C6H12N4S/c1-4-9(5-2-7-1)10-8-3-6-11-10/h3,6-8H,1-2,4-5H2. The second-order valence-corrected chi connectivity index (χ2v) is 3.34. The minimum atomic E-state index is 1.08. The summed E-state index contributed by atoms with van der Waals surface area (Å²) in [5, 5.41) is 7.65. The molecule has 2 aliphatic rings. The van der Waals surface area contributed by atoms with Crippen LogP contribution in [0.3, 0.4) is 0 Å². The fourth-order valence-electron chi connectivity index (χ4n) is 1.20. The predicted octanol–water partition coefficient (Wildman–Crippen LogP) is -0.254. The van der Waals surface area contributed by atoms with Crippen LogP contribution in [-0.4, -0.2) is 35.7 Å². The molecule has 0 spiro atoms. The Bertz CT molecular complexity index is 147. The highest BCUT2D eigenvalue weighted by molar-refractivity contribution is 7.99. The van der Waals surface area contributed by atoms with Gasteiger partial charge >= 0.3 is 0 Å². The van der Waals surface area contributed by atoms with E-state index in [0.717, 1.165) is 26.2 Å². The van der Waals surface area contributed by atoms with Gasteiger partial charge in [0.25, 0.3) is 0 Å². The lowest BCUT2D eigenvalue weighted by atomic mass is 10.4. The molecule has 2 heterocycles. The third-order valence-corrected chi connectivity index (χ3v) is 2.56. The van der Waals surface area contributed by atoms with Crippen molar-refractivity contribution < 1.29 is 0 Å². The number of hydrogen-bond acceptors (Lipinski definition) is 5. The van der Waals surface area contributed by atoms with Crippen LogP contribution in [0, 0.1) is 0 Å².